The van der Waals surface area contributed by atoms with E-state index in [9.17, 15) is 13.5 Å². The van der Waals surface area contributed by atoms with E-state index in [0.717, 1.165) is 35.5 Å². The van der Waals surface area contributed by atoms with Crippen molar-refractivity contribution in [1.29, 1.82) is 0 Å². The molecule has 2 aromatic carbocycles. The van der Waals surface area contributed by atoms with E-state index in [1.165, 1.54) is 23.5 Å². The Kier molecular flexibility index (Phi) is 6.23. The highest BCUT2D eigenvalue weighted by Crippen LogP contribution is 2.35. The Balaban J connectivity index is 1.04. The number of anilines is 1. The van der Waals surface area contributed by atoms with E-state index < -0.39 is 16.1 Å². The van der Waals surface area contributed by atoms with Crippen molar-refractivity contribution in [2.45, 2.75) is 36.6 Å². The van der Waals surface area contributed by atoms with Crippen molar-refractivity contribution in [3.63, 3.8) is 0 Å². The molecule has 4 aromatic rings. The molecule has 0 amide bonds. The standard InChI is InChI=1S/C30H31N5O4S/c1-33-11-9-28(33)24-16-34(17-24)25-4-2-3-21(13-25)29(36)27-14-22-18-35(19-23(22)15-32-27)40(37,38)26-7-5-20(6-8-26)30-31-10-12-39-30/h2-8,10,12-15,24,28-29,36H,9,11,16-19H2,1H3. The van der Waals surface area contributed by atoms with Gasteiger partial charge < -0.3 is 19.3 Å². The van der Waals surface area contributed by atoms with Gasteiger partial charge in [0.25, 0.3) is 0 Å². The molecule has 2 unspecified atom stereocenters. The molecule has 2 saturated heterocycles. The van der Waals surface area contributed by atoms with E-state index in [-0.39, 0.29) is 18.0 Å². The van der Waals surface area contributed by atoms with Crippen molar-refractivity contribution in [3.8, 4) is 11.5 Å². The highest BCUT2D eigenvalue weighted by molar-refractivity contribution is 7.89. The molecule has 40 heavy (non-hydrogen) atoms. The van der Waals surface area contributed by atoms with Gasteiger partial charge in [-0.05, 0) is 79.2 Å². The molecule has 7 rings (SSSR count). The predicted octanol–water partition coefficient (Wildman–Crippen LogP) is 3.66. The lowest BCUT2D eigenvalue weighted by Gasteiger charge is -2.52. The van der Waals surface area contributed by atoms with Gasteiger partial charge in [0.15, 0.2) is 0 Å². The molecule has 206 valence electrons. The third-order valence-electron chi connectivity index (χ3n) is 8.60. The lowest BCUT2D eigenvalue weighted by Crippen LogP contribution is -2.61. The highest BCUT2D eigenvalue weighted by atomic mass is 32.2. The molecule has 0 aliphatic carbocycles. The predicted molar refractivity (Wildman–Crippen MR) is 150 cm³/mol. The van der Waals surface area contributed by atoms with Crippen LogP contribution in [-0.4, -0.2) is 65.4 Å². The zero-order chi connectivity index (χ0) is 27.4. The summed E-state index contributed by atoms with van der Waals surface area (Å²) in [6.45, 7) is 3.74. The van der Waals surface area contributed by atoms with Crippen LogP contribution in [0.5, 0.6) is 0 Å². The summed E-state index contributed by atoms with van der Waals surface area (Å²) in [5, 5.41) is 11.2. The Hall–Kier alpha value is -3.57. The van der Waals surface area contributed by atoms with Gasteiger partial charge in [-0.3, -0.25) is 4.98 Å². The number of sulfonamides is 1. The van der Waals surface area contributed by atoms with Gasteiger partial charge >= 0.3 is 0 Å². The number of benzene rings is 2. The fraction of sp³-hybridized carbons (Fsp3) is 0.333. The first-order valence-electron chi connectivity index (χ1n) is 13.6. The Labute approximate surface area is 233 Å². The third kappa shape index (κ3) is 4.41. The van der Waals surface area contributed by atoms with Gasteiger partial charge in [0.2, 0.25) is 15.9 Å². The highest BCUT2D eigenvalue weighted by Gasteiger charge is 2.39. The average Bonchev–Trinajstić information content (AvgIpc) is 3.64. The number of rotatable bonds is 7. The van der Waals surface area contributed by atoms with E-state index in [2.05, 4.69) is 32.9 Å². The molecule has 0 radical (unpaired) electrons. The summed E-state index contributed by atoms with van der Waals surface area (Å²) in [7, 11) is -1.52. The molecule has 3 aliphatic rings. The number of aromatic nitrogens is 2. The van der Waals surface area contributed by atoms with Crippen LogP contribution in [0.3, 0.4) is 0 Å². The van der Waals surface area contributed by atoms with Gasteiger partial charge in [-0.2, -0.15) is 4.31 Å². The van der Waals surface area contributed by atoms with Crippen LogP contribution in [0.15, 0.2) is 82.6 Å². The minimum absolute atomic E-state index is 0.206. The maximum atomic E-state index is 13.4. The van der Waals surface area contributed by atoms with Gasteiger partial charge in [-0.25, -0.2) is 13.4 Å². The lowest BCUT2D eigenvalue weighted by molar-refractivity contribution is 0.0597. The van der Waals surface area contributed by atoms with Crippen LogP contribution in [0, 0.1) is 5.92 Å². The van der Waals surface area contributed by atoms with Crippen LogP contribution in [0.4, 0.5) is 5.69 Å². The lowest BCUT2D eigenvalue weighted by atomic mass is 9.83. The van der Waals surface area contributed by atoms with Gasteiger partial charge in [0.1, 0.15) is 12.4 Å². The molecule has 0 saturated carbocycles. The van der Waals surface area contributed by atoms with Crippen molar-refractivity contribution >= 4 is 15.7 Å². The smallest absolute Gasteiger partial charge is 0.243 e. The van der Waals surface area contributed by atoms with Crippen LogP contribution < -0.4 is 4.90 Å². The van der Waals surface area contributed by atoms with Crippen molar-refractivity contribution in [3.05, 3.63) is 95.6 Å². The van der Waals surface area contributed by atoms with Crippen LogP contribution in [0.25, 0.3) is 11.5 Å². The van der Waals surface area contributed by atoms with Crippen LogP contribution in [0.2, 0.25) is 0 Å². The number of fused-ring (bicyclic) bond motifs is 1. The van der Waals surface area contributed by atoms with Gasteiger partial charge in [0.05, 0.1) is 16.8 Å². The maximum Gasteiger partial charge on any atom is 0.243 e. The quantitative estimate of drug-likeness (QED) is 0.367. The molecule has 3 aliphatic heterocycles. The second-order valence-corrected chi connectivity index (χ2v) is 12.9. The molecule has 5 heterocycles. The SMILES string of the molecule is CN1CCC1C1CN(c2cccc(C(O)c3cc4c(cn3)CN(S(=O)(=O)c3ccc(-c5ncco5)cc3)C4)c2)C1. The summed E-state index contributed by atoms with van der Waals surface area (Å²) in [6, 6.07) is 17.1. The van der Waals surface area contributed by atoms with E-state index >= 15 is 0 Å². The summed E-state index contributed by atoms with van der Waals surface area (Å²) >= 11 is 0. The molecule has 2 atom stereocenters. The molecule has 10 heteroatoms. The fourth-order valence-electron chi connectivity index (χ4n) is 6.03. The van der Waals surface area contributed by atoms with Crippen LogP contribution in [-0.2, 0) is 23.1 Å². The molecule has 0 spiro atoms. The van der Waals surface area contributed by atoms with E-state index in [1.807, 2.05) is 24.3 Å². The Morgan fingerprint density at radius 3 is 2.52 bits per heavy atom. The van der Waals surface area contributed by atoms with Crippen molar-refractivity contribution in [2.24, 2.45) is 5.92 Å². The Bertz CT molecular complexity index is 1640. The maximum absolute atomic E-state index is 13.4. The first-order chi connectivity index (χ1) is 19.4. The first kappa shape index (κ1) is 25.4. The Morgan fingerprint density at radius 2 is 1.82 bits per heavy atom. The number of aliphatic hydroxyl groups is 1. The largest absolute Gasteiger partial charge is 0.445 e. The molecule has 1 N–H and O–H groups in total. The van der Waals surface area contributed by atoms with Crippen LogP contribution in [0.1, 0.15) is 34.9 Å². The number of aliphatic hydroxyl groups excluding tert-OH is 1. The minimum Gasteiger partial charge on any atom is -0.445 e. The minimum atomic E-state index is -3.72. The molecular weight excluding hydrogens is 526 g/mol. The number of pyridine rings is 1. The molecule has 9 nitrogen and oxygen atoms in total. The number of hydrogen-bond donors (Lipinski definition) is 1. The van der Waals surface area contributed by atoms with Gasteiger partial charge in [0, 0.05) is 55.6 Å². The Morgan fingerprint density at radius 1 is 1.02 bits per heavy atom. The van der Waals surface area contributed by atoms with Gasteiger partial charge in [-0.15, -0.1) is 0 Å². The zero-order valence-electron chi connectivity index (χ0n) is 22.2. The average molecular weight is 558 g/mol. The summed E-state index contributed by atoms with van der Waals surface area (Å²) in [6.07, 6.45) is 5.11. The number of likely N-dealkylation sites (tertiary alicyclic amines) is 1. The van der Waals surface area contributed by atoms with E-state index in [1.54, 1.807) is 36.7 Å². The normalized spacial score (nSPS) is 20.6. The second-order valence-electron chi connectivity index (χ2n) is 11.0. The van der Waals surface area contributed by atoms with Crippen molar-refractivity contribution < 1.29 is 17.9 Å². The molecular formula is C30H31N5O4S. The topological polar surface area (TPSA) is 103 Å². The van der Waals surface area contributed by atoms with Crippen LogP contribution >= 0.6 is 0 Å². The van der Waals surface area contributed by atoms with E-state index in [0.29, 0.717) is 29.1 Å². The van der Waals surface area contributed by atoms with E-state index in [4.69, 9.17) is 4.42 Å². The zero-order valence-corrected chi connectivity index (χ0v) is 23.0. The van der Waals surface area contributed by atoms with Gasteiger partial charge in [-0.1, -0.05) is 12.1 Å². The van der Waals surface area contributed by atoms with Crippen molar-refractivity contribution in [1.82, 2.24) is 19.2 Å². The summed E-state index contributed by atoms with van der Waals surface area (Å²) < 4.78 is 33.5. The molecule has 2 fully saturated rings. The summed E-state index contributed by atoms with van der Waals surface area (Å²) in [4.78, 5) is 13.6. The summed E-state index contributed by atoms with van der Waals surface area (Å²) in [5.41, 5.74) is 4.82. The first-order valence-corrected chi connectivity index (χ1v) is 15.0. The second kappa shape index (κ2) is 9.81. The summed E-state index contributed by atoms with van der Waals surface area (Å²) in [5.74, 6) is 1.15. The monoisotopic (exact) mass is 557 g/mol. The molecule has 0 bridgehead atoms. The number of nitrogens with zero attached hydrogens (tertiary/aromatic N) is 5. The number of oxazole rings is 1. The number of hydrogen-bond acceptors (Lipinski definition) is 8. The van der Waals surface area contributed by atoms with Crippen molar-refractivity contribution in [2.75, 3.05) is 31.6 Å². The fourth-order valence-corrected chi connectivity index (χ4v) is 7.43. The third-order valence-corrected chi connectivity index (χ3v) is 10.4. The molecule has 2 aromatic heterocycles.